The largest absolute Gasteiger partial charge is 0.355 e. The maximum Gasteiger partial charge on any atom is 0.239 e. The summed E-state index contributed by atoms with van der Waals surface area (Å²) >= 11 is 0. The molecular weight excluding hydrogens is 254 g/mol. The Labute approximate surface area is 123 Å². The van der Waals surface area contributed by atoms with E-state index in [-0.39, 0.29) is 23.5 Å². The molecule has 0 saturated carbocycles. The van der Waals surface area contributed by atoms with Crippen molar-refractivity contribution < 1.29 is 4.79 Å². The minimum absolute atomic E-state index is 0.00525. The van der Waals surface area contributed by atoms with Crippen LogP contribution >= 0.6 is 0 Å². The number of nitrogens with one attached hydrogen (secondary N) is 3. The number of carbonyl (C=O) groups excluding carboxylic acids is 1. The van der Waals surface area contributed by atoms with Gasteiger partial charge < -0.3 is 20.9 Å². The fourth-order valence-corrected chi connectivity index (χ4v) is 1.31. The van der Waals surface area contributed by atoms with Crippen molar-refractivity contribution in [2.75, 3.05) is 34.2 Å². The topological polar surface area (TPSA) is 68.8 Å². The first-order valence-electron chi connectivity index (χ1n) is 6.91. The van der Waals surface area contributed by atoms with E-state index in [1.54, 1.807) is 7.05 Å². The van der Waals surface area contributed by atoms with Crippen LogP contribution in [-0.2, 0) is 4.79 Å². The quantitative estimate of drug-likeness (QED) is 0.505. The van der Waals surface area contributed by atoms with Crippen molar-refractivity contribution in [1.29, 1.82) is 0 Å². The van der Waals surface area contributed by atoms with Gasteiger partial charge in [-0.05, 0) is 48.7 Å². The van der Waals surface area contributed by atoms with Crippen molar-refractivity contribution in [3.8, 4) is 0 Å². The number of nitrogens with zero attached hydrogens (tertiary/aromatic N) is 2. The summed E-state index contributed by atoms with van der Waals surface area (Å²) in [6, 6.07) is 0. The Morgan fingerprint density at radius 3 is 2.05 bits per heavy atom. The monoisotopic (exact) mass is 285 g/mol. The van der Waals surface area contributed by atoms with E-state index in [1.165, 1.54) is 0 Å². The molecule has 0 spiro atoms. The lowest BCUT2D eigenvalue weighted by Gasteiger charge is -2.33. The number of carbonyl (C=O) groups is 1. The van der Waals surface area contributed by atoms with Crippen LogP contribution < -0.4 is 16.0 Å². The first-order valence-corrected chi connectivity index (χ1v) is 6.91. The van der Waals surface area contributed by atoms with Gasteiger partial charge in [0, 0.05) is 24.7 Å². The molecule has 0 heterocycles. The van der Waals surface area contributed by atoms with Crippen LogP contribution in [0.5, 0.6) is 0 Å². The summed E-state index contributed by atoms with van der Waals surface area (Å²) in [5.41, 5.74) is -0.214. The Hall–Kier alpha value is -1.30. The van der Waals surface area contributed by atoms with E-state index in [2.05, 4.69) is 39.7 Å². The summed E-state index contributed by atoms with van der Waals surface area (Å²) < 4.78 is 0. The normalized spacial score (nSPS) is 13.3. The van der Waals surface area contributed by atoms with Crippen LogP contribution in [0.4, 0.5) is 0 Å². The number of rotatable bonds is 5. The average Bonchev–Trinajstić information content (AvgIpc) is 2.26. The van der Waals surface area contributed by atoms with Gasteiger partial charge in [0.25, 0.3) is 0 Å². The average molecular weight is 285 g/mol. The highest BCUT2D eigenvalue weighted by atomic mass is 16.2. The van der Waals surface area contributed by atoms with E-state index in [4.69, 9.17) is 0 Å². The third-order valence-corrected chi connectivity index (χ3v) is 3.05. The summed E-state index contributed by atoms with van der Waals surface area (Å²) in [6.45, 7) is 11.1. The second-order valence-electron chi connectivity index (χ2n) is 6.78. The van der Waals surface area contributed by atoms with Crippen molar-refractivity contribution >= 4 is 11.9 Å². The molecule has 6 heteroatoms. The zero-order valence-electron chi connectivity index (χ0n) is 14.2. The van der Waals surface area contributed by atoms with E-state index in [0.717, 1.165) is 6.54 Å². The molecular formula is C14H31N5O. The second kappa shape index (κ2) is 7.47. The lowest BCUT2D eigenvalue weighted by atomic mass is 10.0. The van der Waals surface area contributed by atoms with Gasteiger partial charge in [-0.3, -0.25) is 9.79 Å². The van der Waals surface area contributed by atoms with Gasteiger partial charge >= 0.3 is 0 Å². The van der Waals surface area contributed by atoms with E-state index in [0.29, 0.717) is 5.96 Å². The second-order valence-corrected chi connectivity index (χ2v) is 6.78. The van der Waals surface area contributed by atoms with Gasteiger partial charge in [0.05, 0.1) is 6.54 Å². The molecule has 0 radical (unpaired) electrons. The highest BCUT2D eigenvalue weighted by Crippen LogP contribution is 2.07. The molecule has 0 aliphatic heterocycles. The minimum Gasteiger partial charge on any atom is -0.355 e. The molecule has 0 aliphatic carbocycles. The molecule has 0 aliphatic rings. The molecule has 0 fully saturated rings. The van der Waals surface area contributed by atoms with E-state index < -0.39 is 0 Å². The van der Waals surface area contributed by atoms with Gasteiger partial charge in [0.15, 0.2) is 5.96 Å². The molecule has 0 aromatic rings. The van der Waals surface area contributed by atoms with Gasteiger partial charge in [-0.15, -0.1) is 0 Å². The van der Waals surface area contributed by atoms with Crippen LogP contribution in [0.2, 0.25) is 0 Å². The Morgan fingerprint density at radius 1 is 1.10 bits per heavy atom. The first-order chi connectivity index (χ1) is 8.98. The molecule has 0 bridgehead atoms. The summed E-state index contributed by atoms with van der Waals surface area (Å²) in [7, 11) is 5.77. The maximum atomic E-state index is 11.7. The third kappa shape index (κ3) is 7.99. The molecule has 0 atom stereocenters. The third-order valence-electron chi connectivity index (χ3n) is 3.05. The predicted molar refractivity (Wildman–Crippen MR) is 85.0 cm³/mol. The predicted octanol–water partition coefficient (Wildman–Crippen LogP) is 0.406. The molecule has 118 valence electrons. The maximum absolute atomic E-state index is 11.7. The zero-order valence-corrected chi connectivity index (χ0v) is 14.2. The Bertz CT molecular complexity index is 342. The van der Waals surface area contributed by atoms with E-state index in [1.807, 2.05) is 34.9 Å². The van der Waals surface area contributed by atoms with Gasteiger partial charge in [0.2, 0.25) is 5.91 Å². The van der Waals surface area contributed by atoms with Gasteiger partial charge in [-0.1, -0.05) is 0 Å². The fourth-order valence-electron chi connectivity index (χ4n) is 1.31. The van der Waals surface area contributed by atoms with Crippen LogP contribution in [0.3, 0.4) is 0 Å². The number of amides is 1. The van der Waals surface area contributed by atoms with Gasteiger partial charge in [0.1, 0.15) is 0 Å². The molecule has 0 saturated heterocycles. The Morgan fingerprint density at radius 2 is 1.65 bits per heavy atom. The van der Waals surface area contributed by atoms with Crippen LogP contribution in [-0.4, -0.2) is 62.1 Å². The van der Waals surface area contributed by atoms with Crippen molar-refractivity contribution in [1.82, 2.24) is 20.9 Å². The SMILES string of the molecule is CN=C(NCC(=O)NC(C)(C)C)NCC(C)(C)N(C)C. The minimum atomic E-state index is -0.220. The van der Waals surface area contributed by atoms with Crippen molar-refractivity contribution in [3.63, 3.8) is 0 Å². The van der Waals surface area contributed by atoms with Gasteiger partial charge in [-0.2, -0.15) is 0 Å². The van der Waals surface area contributed by atoms with Crippen molar-refractivity contribution in [3.05, 3.63) is 0 Å². The fraction of sp³-hybridized carbons (Fsp3) is 0.857. The number of likely N-dealkylation sites (N-methyl/N-ethyl adjacent to an activating group) is 1. The summed E-state index contributed by atoms with van der Waals surface area (Å²) in [6.07, 6.45) is 0. The lowest BCUT2D eigenvalue weighted by Crippen LogP contribution is -2.52. The van der Waals surface area contributed by atoms with Crippen molar-refractivity contribution in [2.45, 2.75) is 45.7 Å². The van der Waals surface area contributed by atoms with E-state index in [9.17, 15) is 4.79 Å². The van der Waals surface area contributed by atoms with E-state index >= 15 is 0 Å². The summed E-state index contributed by atoms with van der Waals surface area (Å²) in [4.78, 5) is 18.0. The molecule has 6 nitrogen and oxygen atoms in total. The molecule has 1 amide bonds. The standard InChI is InChI=1S/C14H31N5O/c1-13(2,3)18-11(20)9-16-12(15-6)17-10-14(4,5)19(7)8/h9-10H2,1-8H3,(H,18,20)(H2,15,16,17). The number of guanidine groups is 1. The summed E-state index contributed by atoms with van der Waals surface area (Å²) in [5, 5.41) is 9.13. The smallest absolute Gasteiger partial charge is 0.239 e. The van der Waals surface area contributed by atoms with Crippen LogP contribution in [0.25, 0.3) is 0 Å². The molecule has 3 N–H and O–H groups in total. The van der Waals surface area contributed by atoms with Gasteiger partial charge in [-0.25, -0.2) is 0 Å². The number of hydrogen-bond acceptors (Lipinski definition) is 3. The highest BCUT2D eigenvalue weighted by Gasteiger charge is 2.20. The molecule has 20 heavy (non-hydrogen) atoms. The number of aliphatic imine (C=N–C) groups is 1. The van der Waals surface area contributed by atoms with Crippen molar-refractivity contribution in [2.24, 2.45) is 4.99 Å². The highest BCUT2D eigenvalue weighted by molar-refractivity contribution is 5.86. The summed E-state index contributed by atoms with van der Waals surface area (Å²) in [5.74, 6) is 0.580. The zero-order chi connectivity index (χ0) is 16.0. The Balaban J connectivity index is 4.23. The molecule has 0 aromatic carbocycles. The molecule has 0 aromatic heterocycles. The number of hydrogen-bond donors (Lipinski definition) is 3. The Kier molecular flexibility index (Phi) is 6.99. The van der Waals surface area contributed by atoms with Crippen LogP contribution in [0.1, 0.15) is 34.6 Å². The molecule has 0 rings (SSSR count). The lowest BCUT2D eigenvalue weighted by molar-refractivity contribution is -0.121. The first kappa shape index (κ1) is 18.7. The van der Waals surface area contributed by atoms with Crippen LogP contribution in [0.15, 0.2) is 4.99 Å². The molecule has 0 unspecified atom stereocenters. The van der Waals surface area contributed by atoms with Crippen LogP contribution in [0, 0.1) is 0 Å².